The number of carbonyl (C=O) groups excluding carboxylic acids is 4. The molecule has 1 unspecified atom stereocenters. The predicted octanol–water partition coefficient (Wildman–Crippen LogP) is 0.689. The molecule has 0 spiro atoms. The molecule has 1 heterocycles. The second kappa shape index (κ2) is 14.3. The first-order valence-corrected chi connectivity index (χ1v) is 11.3. The number of unbranched alkanes of at least 4 members (excludes halogenated alkanes) is 1. The van der Waals surface area contributed by atoms with E-state index in [4.69, 9.17) is 15.3 Å². The van der Waals surface area contributed by atoms with Crippen molar-refractivity contribution in [2.45, 2.75) is 45.3 Å². The van der Waals surface area contributed by atoms with Crippen LogP contribution >= 0.6 is 0 Å². The van der Waals surface area contributed by atoms with Gasteiger partial charge < -0.3 is 30.7 Å². The number of esters is 1. The molecule has 0 fully saturated rings. The standard InChI is InChI=1S/C23H31N5O8/c1-4-5-10-34-23(32)26-19(22(31)33-3)13-25-20(30)12-17-11-18(27-36-17)15-6-8-16(9-7-15)21(24)28-35-14(2)29/h6-9,11,17,19,27H,4-5,10,12-13H2,1-3H3,(H2,24,28)(H,25,30)(H,26,32)/t17-,19?/m1/s1. The van der Waals surface area contributed by atoms with Crippen LogP contribution in [0.25, 0.3) is 5.70 Å². The van der Waals surface area contributed by atoms with Crippen LogP contribution in [0.15, 0.2) is 35.5 Å². The Balaban J connectivity index is 1.88. The highest BCUT2D eigenvalue weighted by atomic mass is 16.7. The zero-order valence-corrected chi connectivity index (χ0v) is 20.4. The highest BCUT2D eigenvalue weighted by molar-refractivity contribution is 5.97. The third-order valence-electron chi connectivity index (χ3n) is 4.84. The summed E-state index contributed by atoms with van der Waals surface area (Å²) in [5, 5.41) is 8.49. The van der Waals surface area contributed by atoms with Crippen LogP contribution in [0, 0.1) is 0 Å². The van der Waals surface area contributed by atoms with Gasteiger partial charge in [0.15, 0.2) is 5.84 Å². The molecule has 13 nitrogen and oxygen atoms in total. The summed E-state index contributed by atoms with van der Waals surface area (Å²) in [5.74, 6) is -1.65. The van der Waals surface area contributed by atoms with Crippen molar-refractivity contribution < 1.29 is 38.3 Å². The molecule has 0 radical (unpaired) electrons. The largest absolute Gasteiger partial charge is 0.467 e. The molecule has 0 aliphatic carbocycles. The third kappa shape index (κ3) is 9.25. The van der Waals surface area contributed by atoms with Gasteiger partial charge >= 0.3 is 18.0 Å². The molecule has 196 valence electrons. The zero-order valence-electron chi connectivity index (χ0n) is 20.4. The van der Waals surface area contributed by atoms with Crippen LogP contribution < -0.4 is 21.8 Å². The first kappa shape index (κ1) is 28.1. The zero-order chi connectivity index (χ0) is 26.5. The Kier molecular flexibility index (Phi) is 11.2. The topological polar surface area (TPSA) is 180 Å². The van der Waals surface area contributed by atoms with Crippen LogP contribution in [0.4, 0.5) is 4.79 Å². The Morgan fingerprint density at radius 2 is 1.94 bits per heavy atom. The lowest BCUT2D eigenvalue weighted by Gasteiger charge is -2.17. The number of carbonyl (C=O) groups is 4. The lowest BCUT2D eigenvalue weighted by molar-refractivity contribution is -0.143. The maximum absolute atomic E-state index is 12.4. The second-order valence-corrected chi connectivity index (χ2v) is 7.69. The van der Waals surface area contributed by atoms with Crippen molar-refractivity contribution in [2.75, 3.05) is 20.3 Å². The normalized spacial score (nSPS) is 15.7. The smallest absolute Gasteiger partial charge is 0.407 e. The minimum Gasteiger partial charge on any atom is -0.467 e. The van der Waals surface area contributed by atoms with Crippen molar-refractivity contribution >= 4 is 35.5 Å². The number of hydroxylamine groups is 1. The van der Waals surface area contributed by atoms with E-state index in [1.807, 2.05) is 6.92 Å². The van der Waals surface area contributed by atoms with E-state index in [2.05, 4.69) is 30.8 Å². The summed E-state index contributed by atoms with van der Waals surface area (Å²) in [7, 11) is 1.18. The van der Waals surface area contributed by atoms with Crippen molar-refractivity contribution in [3.05, 3.63) is 41.5 Å². The van der Waals surface area contributed by atoms with Gasteiger partial charge in [-0.3, -0.25) is 15.1 Å². The quantitative estimate of drug-likeness (QED) is 0.0788. The SMILES string of the molecule is CCCCOC(=O)NC(CNC(=O)C[C@H]1C=C(c2ccc(C(N)=NOC(C)=O)cc2)NO1)C(=O)OC. The summed E-state index contributed by atoms with van der Waals surface area (Å²) in [6, 6.07) is 5.78. The van der Waals surface area contributed by atoms with Gasteiger partial charge in [-0.25, -0.2) is 14.4 Å². The Morgan fingerprint density at radius 3 is 2.58 bits per heavy atom. The fourth-order valence-electron chi connectivity index (χ4n) is 2.94. The van der Waals surface area contributed by atoms with Gasteiger partial charge in [-0.2, -0.15) is 0 Å². The fraction of sp³-hybridized carbons (Fsp3) is 0.435. The number of nitrogens with zero attached hydrogens (tertiary/aromatic N) is 1. The number of hydrogen-bond acceptors (Lipinski definition) is 10. The maximum atomic E-state index is 12.4. The lowest BCUT2D eigenvalue weighted by Crippen LogP contribution is -2.49. The van der Waals surface area contributed by atoms with Crippen LogP contribution in [-0.2, 0) is 33.5 Å². The van der Waals surface area contributed by atoms with Gasteiger partial charge in [0.2, 0.25) is 5.91 Å². The molecule has 2 amide bonds. The van der Waals surface area contributed by atoms with E-state index in [0.29, 0.717) is 17.7 Å². The molecule has 0 aromatic heterocycles. The second-order valence-electron chi connectivity index (χ2n) is 7.69. The number of amidine groups is 1. The summed E-state index contributed by atoms with van der Waals surface area (Å²) in [4.78, 5) is 56.9. The number of methoxy groups -OCH3 is 1. The van der Waals surface area contributed by atoms with Gasteiger partial charge in [0.05, 0.1) is 25.8 Å². The number of benzene rings is 1. The van der Waals surface area contributed by atoms with E-state index in [-0.39, 0.29) is 25.4 Å². The highest BCUT2D eigenvalue weighted by Crippen LogP contribution is 2.20. The molecule has 2 atom stereocenters. The van der Waals surface area contributed by atoms with Gasteiger partial charge in [-0.05, 0) is 18.1 Å². The molecule has 5 N–H and O–H groups in total. The average Bonchev–Trinajstić information content (AvgIpc) is 3.33. The third-order valence-corrected chi connectivity index (χ3v) is 4.84. The lowest BCUT2D eigenvalue weighted by atomic mass is 10.1. The van der Waals surface area contributed by atoms with Crippen molar-refractivity contribution in [1.29, 1.82) is 0 Å². The first-order chi connectivity index (χ1) is 17.2. The molecule has 36 heavy (non-hydrogen) atoms. The molecule has 1 aliphatic heterocycles. The van der Waals surface area contributed by atoms with Crippen molar-refractivity contribution in [2.24, 2.45) is 10.9 Å². The van der Waals surface area contributed by atoms with E-state index < -0.39 is 36.1 Å². The molecule has 1 aromatic rings. The first-order valence-electron chi connectivity index (χ1n) is 11.3. The van der Waals surface area contributed by atoms with Crippen LogP contribution in [0.1, 0.15) is 44.2 Å². The number of amides is 2. The van der Waals surface area contributed by atoms with Crippen LogP contribution in [0.5, 0.6) is 0 Å². The predicted molar refractivity (Wildman–Crippen MR) is 128 cm³/mol. The number of alkyl carbamates (subject to hydrolysis) is 1. The summed E-state index contributed by atoms with van der Waals surface area (Å²) >= 11 is 0. The van der Waals surface area contributed by atoms with E-state index in [1.54, 1.807) is 30.3 Å². The number of ether oxygens (including phenoxy) is 2. The number of nitrogens with one attached hydrogen (secondary N) is 3. The van der Waals surface area contributed by atoms with Gasteiger partial charge in [0, 0.05) is 19.0 Å². The van der Waals surface area contributed by atoms with Crippen molar-refractivity contribution in [3.63, 3.8) is 0 Å². The Hall–Kier alpha value is -4.13. The van der Waals surface area contributed by atoms with E-state index in [9.17, 15) is 19.2 Å². The van der Waals surface area contributed by atoms with E-state index in [0.717, 1.165) is 12.0 Å². The summed E-state index contributed by atoms with van der Waals surface area (Å²) in [5.41, 5.74) is 10.5. The highest BCUT2D eigenvalue weighted by Gasteiger charge is 2.25. The molecule has 13 heteroatoms. The Morgan fingerprint density at radius 1 is 1.22 bits per heavy atom. The molecule has 0 saturated carbocycles. The average molecular weight is 506 g/mol. The number of nitrogens with two attached hydrogens (primary N) is 1. The van der Waals surface area contributed by atoms with E-state index in [1.165, 1.54) is 14.0 Å². The van der Waals surface area contributed by atoms with Crippen molar-refractivity contribution in [3.8, 4) is 0 Å². The van der Waals surface area contributed by atoms with Gasteiger partial charge in [0.25, 0.3) is 0 Å². The molecular formula is C23H31N5O8. The molecule has 2 rings (SSSR count). The van der Waals surface area contributed by atoms with Crippen LogP contribution in [-0.4, -0.2) is 62.2 Å². The van der Waals surface area contributed by atoms with Crippen molar-refractivity contribution in [1.82, 2.24) is 16.1 Å². The number of hydrogen-bond donors (Lipinski definition) is 4. The van der Waals surface area contributed by atoms with Gasteiger partial charge in [-0.1, -0.05) is 42.8 Å². The maximum Gasteiger partial charge on any atom is 0.407 e. The number of oxime groups is 1. The summed E-state index contributed by atoms with van der Waals surface area (Å²) in [6.07, 6.45) is 1.90. The van der Waals surface area contributed by atoms with Crippen LogP contribution in [0.3, 0.4) is 0 Å². The fourth-order valence-corrected chi connectivity index (χ4v) is 2.94. The molecule has 1 aliphatic rings. The molecule has 1 aromatic carbocycles. The Bertz CT molecular complexity index is 993. The number of rotatable bonds is 12. The Labute approximate surface area is 208 Å². The van der Waals surface area contributed by atoms with E-state index >= 15 is 0 Å². The minimum absolute atomic E-state index is 0.0363. The van der Waals surface area contributed by atoms with Gasteiger partial charge in [-0.15, -0.1) is 0 Å². The molecule has 0 bridgehead atoms. The minimum atomic E-state index is -1.10. The summed E-state index contributed by atoms with van der Waals surface area (Å²) < 4.78 is 9.65. The monoisotopic (exact) mass is 505 g/mol. The van der Waals surface area contributed by atoms with Crippen LogP contribution in [0.2, 0.25) is 0 Å². The molecule has 0 saturated heterocycles. The molecular weight excluding hydrogens is 474 g/mol. The van der Waals surface area contributed by atoms with Gasteiger partial charge in [0.1, 0.15) is 12.1 Å². The summed E-state index contributed by atoms with van der Waals surface area (Å²) in [6.45, 7) is 3.21.